The maximum absolute atomic E-state index is 13.2. The monoisotopic (exact) mass is 378 g/mol. The van der Waals surface area contributed by atoms with E-state index in [9.17, 15) is 18.4 Å². The highest BCUT2D eigenvalue weighted by molar-refractivity contribution is 6.30. The predicted molar refractivity (Wildman–Crippen MR) is 94.8 cm³/mol. The van der Waals surface area contributed by atoms with Gasteiger partial charge in [-0.3, -0.25) is 9.59 Å². The third-order valence-electron chi connectivity index (χ3n) is 4.33. The minimum Gasteiger partial charge on any atom is -0.342 e. The Labute approximate surface area is 154 Å². The van der Waals surface area contributed by atoms with Gasteiger partial charge in [-0.05, 0) is 36.2 Å². The van der Waals surface area contributed by atoms with E-state index in [-0.39, 0.29) is 23.9 Å². The highest BCUT2D eigenvalue weighted by Crippen LogP contribution is 2.21. The molecule has 1 heterocycles. The molecule has 1 atom stereocenters. The molecular weight excluding hydrogens is 362 g/mol. The van der Waals surface area contributed by atoms with Gasteiger partial charge < -0.3 is 10.2 Å². The van der Waals surface area contributed by atoms with E-state index in [1.807, 2.05) is 18.2 Å². The standard InChI is InChI=1S/C19H17ClF2N2O2/c20-14-3-1-2-12(8-14)6-7-24-11-13(9-18(24)25)19(26)23-15-4-5-16(21)17(22)10-15/h1-5,8,10,13H,6-7,9,11H2,(H,23,26). The fourth-order valence-electron chi connectivity index (χ4n) is 2.94. The molecule has 3 rings (SSSR count). The molecule has 7 heteroatoms. The molecule has 2 aromatic carbocycles. The molecular formula is C19H17ClF2N2O2. The van der Waals surface area contributed by atoms with Crippen LogP contribution in [0, 0.1) is 17.6 Å². The Balaban J connectivity index is 1.56. The van der Waals surface area contributed by atoms with E-state index in [1.54, 1.807) is 11.0 Å². The van der Waals surface area contributed by atoms with Crippen LogP contribution < -0.4 is 5.32 Å². The number of amides is 2. The minimum atomic E-state index is -1.03. The molecule has 1 saturated heterocycles. The summed E-state index contributed by atoms with van der Waals surface area (Å²) in [6.07, 6.45) is 0.745. The van der Waals surface area contributed by atoms with Crippen LogP contribution in [0.3, 0.4) is 0 Å². The largest absolute Gasteiger partial charge is 0.342 e. The number of carbonyl (C=O) groups is 2. The second kappa shape index (κ2) is 7.83. The third-order valence-corrected chi connectivity index (χ3v) is 4.57. The first-order valence-electron chi connectivity index (χ1n) is 8.20. The molecule has 0 spiro atoms. The van der Waals surface area contributed by atoms with Gasteiger partial charge in [0.15, 0.2) is 11.6 Å². The number of benzene rings is 2. The second-order valence-corrected chi connectivity index (χ2v) is 6.68. The summed E-state index contributed by atoms with van der Waals surface area (Å²) in [7, 11) is 0. The van der Waals surface area contributed by atoms with Crippen molar-refractivity contribution in [2.75, 3.05) is 18.4 Å². The van der Waals surface area contributed by atoms with Crippen molar-refractivity contribution in [2.45, 2.75) is 12.8 Å². The Morgan fingerprint density at radius 1 is 1.19 bits per heavy atom. The zero-order valence-electron chi connectivity index (χ0n) is 13.8. The van der Waals surface area contributed by atoms with Crippen LogP contribution in [0.5, 0.6) is 0 Å². The quantitative estimate of drug-likeness (QED) is 0.863. The molecule has 1 unspecified atom stereocenters. The van der Waals surface area contributed by atoms with Gasteiger partial charge in [0.1, 0.15) is 0 Å². The first kappa shape index (κ1) is 18.3. The summed E-state index contributed by atoms with van der Waals surface area (Å²) in [6, 6.07) is 10.5. The SMILES string of the molecule is O=C(Nc1ccc(F)c(F)c1)C1CC(=O)N(CCc2cccc(Cl)c2)C1. The van der Waals surface area contributed by atoms with Gasteiger partial charge >= 0.3 is 0 Å². The van der Waals surface area contributed by atoms with E-state index in [4.69, 9.17) is 11.6 Å². The summed E-state index contributed by atoms with van der Waals surface area (Å²) in [5, 5.41) is 3.17. The first-order valence-corrected chi connectivity index (χ1v) is 8.58. The summed E-state index contributed by atoms with van der Waals surface area (Å²) in [5.41, 5.74) is 1.18. The normalized spacial score (nSPS) is 16.8. The smallest absolute Gasteiger partial charge is 0.229 e. The lowest BCUT2D eigenvalue weighted by Crippen LogP contribution is -2.30. The number of hydrogen-bond acceptors (Lipinski definition) is 2. The highest BCUT2D eigenvalue weighted by atomic mass is 35.5. The lowest BCUT2D eigenvalue weighted by atomic mass is 10.1. The van der Waals surface area contributed by atoms with Crippen molar-refractivity contribution in [3.05, 3.63) is 64.7 Å². The number of anilines is 1. The van der Waals surface area contributed by atoms with Crippen LogP contribution in [0.4, 0.5) is 14.5 Å². The number of carbonyl (C=O) groups excluding carboxylic acids is 2. The number of hydrogen-bond donors (Lipinski definition) is 1. The van der Waals surface area contributed by atoms with E-state index >= 15 is 0 Å². The topological polar surface area (TPSA) is 49.4 Å². The average Bonchev–Trinajstić information content (AvgIpc) is 2.97. The van der Waals surface area contributed by atoms with Gasteiger partial charge in [0, 0.05) is 36.3 Å². The second-order valence-electron chi connectivity index (χ2n) is 6.24. The third kappa shape index (κ3) is 4.38. The van der Waals surface area contributed by atoms with Gasteiger partial charge in [-0.25, -0.2) is 8.78 Å². The number of rotatable bonds is 5. The number of nitrogens with zero attached hydrogens (tertiary/aromatic N) is 1. The Hall–Kier alpha value is -2.47. The molecule has 1 N–H and O–H groups in total. The van der Waals surface area contributed by atoms with Crippen molar-refractivity contribution in [2.24, 2.45) is 5.92 Å². The van der Waals surface area contributed by atoms with Crippen molar-refractivity contribution < 1.29 is 18.4 Å². The number of halogens is 3. The number of nitrogens with one attached hydrogen (secondary N) is 1. The van der Waals surface area contributed by atoms with Crippen molar-refractivity contribution >= 4 is 29.1 Å². The maximum atomic E-state index is 13.2. The Kier molecular flexibility index (Phi) is 5.52. The molecule has 2 amide bonds. The molecule has 136 valence electrons. The molecule has 0 bridgehead atoms. The van der Waals surface area contributed by atoms with E-state index in [1.165, 1.54) is 6.07 Å². The lowest BCUT2D eigenvalue weighted by Gasteiger charge is -2.16. The van der Waals surface area contributed by atoms with Crippen LogP contribution in [0.1, 0.15) is 12.0 Å². The minimum absolute atomic E-state index is 0.0996. The summed E-state index contributed by atoms with van der Waals surface area (Å²) in [5.74, 6) is -3.01. The molecule has 1 fully saturated rings. The van der Waals surface area contributed by atoms with Gasteiger partial charge in [0.05, 0.1) is 5.92 Å². The van der Waals surface area contributed by atoms with Crippen molar-refractivity contribution in [1.82, 2.24) is 4.90 Å². The summed E-state index contributed by atoms with van der Waals surface area (Å²) in [6.45, 7) is 0.795. The van der Waals surface area contributed by atoms with Gasteiger partial charge in [-0.15, -0.1) is 0 Å². The summed E-state index contributed by atoms with van der Waals surface area (Å²) >= 11 is 5.95. The van der Waals surface area contributed by atoms with Crippen molar-refractivity contribution in [1.29, 1.82) is 0 Å². The fraction of sp³-hybridized carbons (Fsp3) is 0.263. The van der Waals surface area contributed by atoms with Crippen molar-refractivity contribution in [3.8, 4) is 0 Å². The van der Waals surface area contributed by atoms with Gasteiger partial charge in [-0.1, -0.05) is 23.7 Å². The Morgan fingerprint density at radius 2 is 2.00 bits per heavy atom. The summed E-state index contributed by atoms with van der Waals surface area (Å²) < 4.78 is 26.2. The zero-order chi connectivity index (χ0) is 18.7. The summed E-state index contributed by atoms with van der Waals surface area (Å²) in [4.78, 5) is 26.1. The molecule has 1 aliphatic heterocycles. The van der Waals surface area contributed by atoms with Crippen LogP contribution in [-0.4, -0.2) is 29.8 Å². The van der Waals surface area contributed by atoms with Crippen LogP contribution in [0.25, 0.3) is 0 Å². The Morgan fingerprint density at radius 3 is 2.73 bits per heavy atom. The maximum Gasteiger partial charge on any atom is 0.229 e. The van der Waals surface area contributed by atoms with Gasteiger partial charge in [0.2, 0.25) is 11.8 Å². The fourth-order valence-corrected chi connectivity index (χ4v) is 3.15. The molecule has 1 aliphatic rings. The molecule has 0 saturated carbocycles. The van der Waals surface area contributed by atoms with Crippen LogP contribution in [0.15, 0.2) is 42.5 Å². The lowest BCUT2D eigenvalue weighted by molar-refractivity contribution is -0.128. The van der Waals surface area contributed by atoms with Crippen LogP contribution in [-0.2, 0) is 16.0 Å². The molecule has 0 aromatic heterocycles. The molecule has 0 radical (unpaired) electrons. The van der Waals surface area contributed by atoms with Crippen LogP contribution >= 0.6 is 11.6 Å². The Bertz CT molecular complexity index is 844. The molecule has 26 heavy (non-hydrogen) atoms. The molecule has 2 aromatic rings. The van der Waals surface area contributed by atoms with Crippen LogP contribution in [0.2, 0.25) is 5.02 Å². The zero-order valence-corrected chi connectivity index (χ0v) is 14.6. The number of likely N-dealkylation sites (tertiary alicyclic amines) is 1. The van der Waals surface area contributed by atoms with E-state index in [0.29, 0.717) is 24.5 Å². The van der Waals surface area contributed by atoms with E-state index in [2.05, 4.69) is 5.32 Å². The average molecular weight is 379 g/mol. The van der Waals surface area contributed by atoms with Crippen molar-refractivity contribution in [3.63, 3.8) is 0 Å². The van der Waals surface area contributed by atoms with Gasteiger partial charge in [-0.2, -0.15) is 0 Å². The van der Waals surface area contributed by atoms with E-state index < -0.39 is 17.6 Å². The van der Waals surface area contributed by atoms with E-state index in [0.717, 1.165) is 17.7 Å². The predicted octanol–water partition coefficient (Wildman–Crippen LogP) is 3.65. The van der Waals surface area contributed by atoms with Gasteiger partial charge in [0.25, 0.3) is 0 Å². The molecule has 4 nitrogen and oxygen atoms in total. The first-order chi connectivity index (χ1) is 12.4. The highest BCUT2D eigenvalue weighted by Gasteiger charge is 2.34. The molecule has 0 aliphatic carbocycles.